The van der Waals surface area contributed by atoms with Gasteiger partial charge in [0.05, 0.1) is 17.8 Å². The van der Waals surface area contributed by atoms with Gasteiger partial charge in [0.15, 0.2) is 0 Å². The normalized spacial score (nSPS) is 10.5. The van der Waals surface area contributed by atoms with Crippen molar-refractivity contribution in [1.82, 2.24) is 15.3 Å². The standard InChI is InChI=1S/C26H24N4O4/c1-18(31)29-25-11-10-21-9-8-20(14-24(21)30-25)16-33-23-7-4-5-19(13-23)17-34-26(32)28-15-22-6-2-3-12-27-22/h2-14H,15-17H2,1H3,(H,28,32)(H,29,30,31). The highest BCUT2D eigenvalue weighted by Crippen LogP contribution is 2.20. The van der Waals surface area contributed by atoms with Crippen molar-refractivity contribution in [2.75, 3.05) is 5.32 Å². The van der Waals surface area contributed by atoms with Gasteiger partial charge in [-0.1, -0.05) is 30.3 Å². The molecule has 0 aliphatic carbocycles. The first-order chi connectivity index (χ1) is 16.5. The molecule has 2 N–H and O–H groups in total. The number of hydrogen-bond donors (Lipinski definition) is 2. The largest absolute Gasteiger partial charge is 0.489 e. The van der Waals surface area contributed by atoms with Crippen LogP contribution in [0.5, 0.6) is 5.75 Å². The fourth-order valence-electron chi connectivity index (χ4n) is 3.26. The zero-order valence-corrected chi connectivity index (χ0v) is 18.7. The van der Waals surface area contributed by atoms with Gasteiger partial charge < -0.3 is 20.1 Å². The smallest absolute Gasteiger partial charge is 0.407 e. The molecule has 0 unspecified atom stereocenters. The Hall–Kier alpha value is -4.46. The van der Waals surface area contributed by atoms with Gasteiger partial charge in [-0.25, -0.2) is 9.78 Å². The number of hydrogen-bond acceptors (Lipinski definition) is 6. The summed E-state index contributed by atoms with van der Waals surface area (Å²) >= 11 is 0. The Balaban J connectivity index is 1.31. The summed E-state index contributed by atoms with van der Waals surface area (Å²) in [5.74, 6) is 1.01. The van der Waals surface area contributed by atoms with Crippen LogP contribution in [0, 0.1) is 0 Å². The number of carbonyl (C=O) groups excluding carboxylic acids is 2. The van der Waals surface area contributed by atoms with Gasteiger partial charge in [0.2, 0.25) is 5.91 Å². The number of anilines is 1. The van der Waals surface area contributed by atoms with Crippen molar-refractivity contribution >= 4 is 28.7 Å². The minimum Gasteiger partial charge on any atom is -0.489 e. The lowest BCUT2D eigenvalue weighted by Gasteiger charge is -2.10. The van der Waals surface area contributed by atoms with E-state index in [2.05, 4.69) is 20.6 Å². The highest BCUT2D eigenvalue weighted by molar-refractivity contribution is 5.89. The van der Waals surface area contributed by atoms with Crippen LogP contribution in [0.3, 0.4) is 0 Å². The maximum Gasteiger partial charge on any atom is 0.407 e. The van der Waals surface area contributed by atoms with Gasteiger partial charge in [-0.2, -0.15) is 0 Å². The average molecular weight is 457 g/mol. The summed E-state index contributed by atoms with van der Waals surface area (Å²) in [7, 11) is 0. The molecular weight excluding hydrogens is 432 g/mol. The lowest BCUT2D eigenvalue weighted by Crippen LogP contribution is -2.24. The highest BCUT2D eigenvalue weighted by Gasteiger charge is 2.06. The molecule has 34 heavy (non-hydrogen) atoms. The molecule has 2 heterocycles. The average Bonchev–Trinajstić information content (AvgIpc) is 2.85. The minimum atomic E-state index is -0.515. The van der Waals surface area contributed by atoms with Crippen LogP contribution in [0.4, 0.5) is 10.6 Å². The summed E-state index contributed by atoms with van der Waals surface area (Å²) in [5.41, 5.74) is 3.28. The van der Waals surface area contributed by atoms with Crippen molar-refractivity contribution in [2.24, 2.45) is 0 Å². The molecular formula is C26H24N4O4. The molecule has 172 valence electrons. The number of nitrogens with one attached hydrogen (secondary N) is 2. The van der Waals surface area contributed by atoms with Crippen LogP contribution in [-0.2, 0) is 29.3 Å². The number of fused-ring (bicyclic) bond motifs is 1. The summed E-state index contributed by atoms with van der Waals surface area (Å²) in [6, 6.07) is 22.4. The van der Waals surface area contributed by atoms with E-state index < -0.39 is 6.09 Å². The Morgan fingerprint density at radius 2 is 1.76 bits per heavy atom. The van der Waals surface area contributed by atoms with Crippen LogP contribution in [-0.4, -0.2) is 22.0 Å². The monoisotopic (exact) mass is 456 g/mol. The van der Waals surface area contributed by atoms with Crippen LogP contribution in [0.15, 0.2) is 79.0 Å². The molecule has 0 fully saturated rings. The Morgan fingerprint density at radius 1 is 0.912 bits per heavy atom. The number of rotatable bonds is 8. The second-order valence-electron chi connectivity index (χ2n) is 7.59. The number of carbonyl (C=O) groups is 2. The van der Waals surface area contributed by atoms with Gasteiger partial charge in [-0.05, 0) is 53.6 Å². The van der Waals surface area contributed by atoms with Crippen LogP contribution in [0.2, 0.25) is 0 Å². The van der Waals surface area contributed by atoms with Gasteiger partial charge in [0, 0.05) is 18.5 Å². The molecule has 8 heteroatoms. The third-order valence-corrected chi connectivity index (χ3v) is 4.87. The SMILES string of the molecule is CC(=O)Nc1ccc2ccc(COc3cccc(COC(=O)NCc4ccccn4)c3)cc2n1. The van der Waals surface area contributed by atoms with Crippen molar-refractivity contribution in [3.8, 4) is 5.75 Å². The van der Waals surface area contributed by atoms with E-state index in [1.807, 2.05) is 66.7 Å². The lowest BCUT2D eigenvalue weighted by atomic mass is 10.1. The van der Waals surface area contributed by atoms with Crippen LogP contribution in [0.25, 0.3) is 10.9 Å². The zero-order chi connectivity index (χ0) is 23.8. The Bertz CT molecular complexity index is 1290. The number of alkyl carbamates (subject to hydrolysis) is 1. The second kappa shape index (κ2) is 10.9. The predicted octanol–water partition coefficient (Wildman–Crippen LogP) is 4.59. The molecule has 0 atom stereocenters. The molecule has 0 aliphatic rings. The number of pyridine rings is 2. The zero-order valence-electron chi connectivity index (χ0n) is 18.7. The second-order valence-corrected chi connectivity index (χ2v) is 7.59. The van der Waals surface area contributed by atoms with Crippen molar-refractivity contribution in [3.05, 3.63) is 95.8 Å². The third-order valence-electron chi connectivity index (χ3n) is 4.87. The van der Waals surface area contributed by atoms with Crippen LogP contribution >= 0.6 is 0 Å². The molecule has 2 aromatic carbocycles. The molecule has 4 aromatic rings. The van der Waals surface area contributed by atoms with E-state index in [4.69, 9.17) is 9.47 Å². The van der Waals surface area contributed by atoms with Crippen LogP contribution < -0.4 is 15.4 Å². The molecule has 0 radical (unpaired) electrons. The van der Waals surface area contributed by atoms with Gasteiger partial charge >= 0.3 is 6.09 Å². The molecule has 0 spiro atoms. The molecule has 4 rings (SSSR count). The van der Waals surface area contributed by atoms with Crippen molar-refractivity contribution in [3.63, 3.8) is 0 Å². The number of ether oxygens (including phenoxy) is 2. The third kappa shape index (κ3) is 6.52. The molecule has 8 nitrogen and oxygen atoms in total. The van der Waals surface area contributed by atoms with E-state index >= 15 is 0 Å². The summed E-state index contributed by atoms with van der Waals surface area (Å²) in [4.78, 5) is 31.9. The number of amides is 2. The summed E-state index contributed by atoms with van der Waals surface area (Å²) in [6.07, 6.45) is 1.16. The molecule has 2 aromatic heterocycles. The predicted molar refractivity (Wildman–Crippen MR) is 128 cm³/mol. The molecule has 0 aliphatic heterocycles. The maximum absolute atomic E-state index is 12.0. The Morgan fingerprint density at radius 3 is 2.59 bits per heavy atom. The Labute approximate surface area is 197 Å². The number of aromatic nitrogens is 2. The summed E-state index contributed by atoms with van der Waals surface area (Å²) in [6.45, 7) is 2.22. The van der Waals surface area contributed by atoms with E-state index in [1.165, 1.54) is 6.92 Å². The van der Waals surface area contributed by atoms with Crippen molar-refractivity contribution in [1.29, 1.82) is 0 Å². The van der Waals surface area contributed by atoms with Gasteiger partial charge in [-0.3, -0.25) is 9.78 Å². The first-order valence-electron chi connectivity index (χ1n) is 10.7. The molecule has 0 saturated heterocycles. The van der Waals surface area contributed by atoms with E-state index in [0.29, 0.717) is 24.7 Å². The quantitative estimate of drug-likeness (QED) is 0.402. The van der Waals surface area contributed by atoms with E-state index in [0.717, 1.165) is 27.7 Å². The molecule has 0 bridgehead atoms. The van der Waals surface area contributed by atoms with Crippen molar-refractivity contribution in [2.45, 2.75) is 26.7 Å². The molecule has 2 amide bonds. The van der Waals surface area contributed by atoms with E-state index in [9.17, 15) is 9.59 Å². The number of benzene rings is 2. The van der Waals surface area contributed by atoms with Gasteiger partial charge in [0.1, 0.15) is 24.8 Å². The summed E-state index contributed by atoms with van der Waals surface area (Å²) in [5, 5.41) is 6.34. The lowest BCUT2D eigenvalue weighted by molar-refractivity contribution is -0.114. The van der Waals surface area contributed by atoms with Crippen molar-refractivity contribution < 1.29 is 19.1 Å². The first kappa shape index (κ1) is 22.7. The first-order valence-corrected chi connectivity index (χ1v) is 10.7. The topological polar surface area (TPSA) is 102 Å². The highest BCUT2D eigenvalue weighted by atomic mass is 16.5. The Kier molecular flexibility index (Phi) is 7.29. The summed E-state index contributed by atoms with van der Waals surface area (Å²) < 4.78 is 11.2. The van der Waals surface area contributed by atoms with E-state index in [-0.39, 0.29) is 12.5 Å². The van der Waals surface area contributed by atoms with E-state index in [1.54, 1.807) is 12.3 Å². The maximum atomic E-state index is 12.0. The van der Waals surface area contributed by atoms with Crippen LogP contribution in [0.1, 0.15) is 23.7 Å². The minimum absolute atomic E-state index is 0.122. The number of nitrogens with zero attached hydrogens (tertiary/aromatic N) is 2. The molecule has 0 saturated carbocycles. The fraction of sp³-hybridized carbons (Fsp3) is 0.154. The fourth-order valence-corrected chi connectivity index (χ4v) is 3.26. The van der Waals surface area contributed by atoms with Gasteiger partial charge in [0.25, 0.3) is 0 Å². The van der Waals surface area contributed by atoms with Gasteiger partial charge in [-0.15, -0.1) is 0 Å².